The molecule has 6 heteroatoms. The maximum absolute atomic E-state index is 11.5. The van der Waals surface area contributed by atoms with Crippen molar-refractivity contribution in [2.24, 2.45) is 5.92 Å². The molecular formula is C27H34N4O2. The highest BCUT2D eigenvalue weighted by Gasteiger charge is 2.17. The van der Waals surface area contributed by atoms with Crippen molar-refractivity contribution in [3.63, 3.8) is 0 Å². The van der Waals surface area contributed by atoms with Crippen LogP contribution >= 0.6 is 0 Å². The van der Waals surface area contributed by atoms with Gasteiger partial charge in [-0.15, -0.1) is 0 Å². The second-order valence-corrected chi connectivity index (χ2v) is 9.13. The molecule has 0 spiro atoms. The molecular weight excluding hydrogens is 412 g/mol. The van der Waals surface area contributed by atoms with Crippen molar-refractivity contribution in [2.45, 2.75) is 77.7 Å². The average molecular weight is 447 g/mol. The first-order valence-electron chi connectivity index (χ1n) is 12.3. The number of nitrogens with zero attached hydrogens (tertiary/aromatic N) is 4. The maximum atomic E-state index is 11.5. The molecule has 1 fully saturated rings. The summed E-state index contributed by atoms with van der Waals surface area (Å²) in [6.45, 7) is 3.07. The first-order chi connectivity index (χ1) is 16.1. The van der Waals surface area contributed by atoms with Crippen LogP contribution in [0, 0.1) is 5.92 Å². The lowest BCUT2D eigenvalue weighted by Crippen LogP contribution is -2.08. The molecule has 1 aliphatic rings. The summed E-state index contributed by atoms with van der Waals surface area (Å²) in [5.41, 5.74) is 2.68. The van der Waals surface area contributed by atoms with E-state index in [0.717, 1.165) is 54.6 Å². The Labute approximate surface area is 196 Å². The lowest BCUT2D eigenvalue weighted by Gasteiger charge is -2.20. The fraction of sp³-hybridized carbons (Fsp3) is 0.481. The first kappa shape index (κ1) is 23.1. The SMILES string of the molecule is CCCCn1nc(CCC2CCCCC2)nc1Cc1ccc(-c2ccccc2C(=O)O)cn1. The molecule has 6 nitrogen and oxygen atoms in total. The van der Waals surface area contributed by atoms with Gasteiger partial charge in [0.05, 0.1) is 5.56 Å². The molecule has 3 aromatic rings. The van der Waals surface area contributed by atoms with E-state index in [1.165, 1.54) is 38.5 Å². The van der Waals surface area contributed by atoms with Crippen molar-refractivity contribution < 1.29 is 9.90 Å². The zero-order valence-electron chi connectivity index (χ0n) is 19.5. The predicted octanol–water partition coefficient (Wildman–Crippen LogP) is 5.94. The number of rotatable bonds is 10. The summed E-state index contributed by atoms with van der Waals surface area (Å²) >= 11 is 0. The van der Waals surface area contributed by atoms with Crippen LogP contribution in [0.3, 0.4) is 0 Å². The summed E-state index contributed by atoms with van der Waals surface area (Å²) in [6.07, 6.45) is 13.5. The highest BCUT2D eigenvalue weighted by atomic mass is 16.4. The van der Waals surface area contributed by atoms with Crippen LogP contribution in [-0.4, -0.2) is 30.8 Å². The van der Waals surface area contributed by atoms with Crippen molar-refractivity contribution in [3.05, 3.63) is 65.5 Å². The van der Waals surface area contributed by atoms with E-state index in [1.807, 2.05) is 24.3 Å². The van der Waals surface area contributed by atoms with E-state index in [-0.39, 0.29) is 5.56 Å². The number of carbonyl (C=O) groups is 1. The molecule has 1 saturated carbocycles. The Morgan fingerprint density at radius 1 is 1.12 bits per heavy atom. The van der Waals surface area contributed by atoms with Crippen LogP contribution in [0.15, 0.2) is 42.6 Å². The number of aromatic nitrogens is 4. The predicted molar refractivity (Wildman–Crippen MR) is 129 cm³/mol. The van der Waals surface area contributed by atoms with Crippen molar-refractivity contribution in [1.29, 1.82) is 0 Å². The van der Waals surface area contributed by atoms with E-state index in [2.05, 4.69) is 16.6 Å². The standard InChI is InChI=1S/C27H34N4O2/c1-2-3-17-31-26(29-25(30-31)16-13-20-9-5-4-6-10-20)18-22-15-14-21(19-28-22)23-11-7-8-12-24(23)27(32)33/h7-8,11-12,14-15,19-20H,2-6,9-10,13,16-18H2,1H3,(H,32,33). The van der Waals surface area contributed by atoms with Gasteiger partial charge in [-0.2, -0.15) is 5.10 Å². The van der Waals surface area contributed by atoms with Crippen LogP contribution in [0.1, 0.15) is 86.0 Å². The third-order valence-corrected chi connectivity index (χ3v) is 6.65. The van der Waals surface area contributed by atoms with Crippen LogP contribution in [0.4, 0.5) is 0 Å². The fourth-order valence-electron chi connectivity index (χ4n) is 4.73. The molecule has 0 amide bonds. The molecule has 0 atom stereocenters. The van der Waals surface area contributed by atoms with E-state index in [4.69, 9.17) is 10.1 Å². The molecule has 0 unspecified atom stereocenters. The molecule has 174 valence electrons. The van der Waals surface area contributed by atoms with Gasteiger partial charge in [0.2, 0.25) is 0 Å². The van der Waals surface area contributed by atoms with Gasteiger partial charge in [0.25, 0.3) is 0 Å². The molecule has 0 bridgehead atoms. The molecule has 1 aliphatic carbocycles. The Morgan fingerprint density at radius 3 is 2.67 bits per heavy atom. The minimum atomic E-state index is -0.931. The Bertz CT molecular complexity index is 1050. The van der Waals surface area contributed by atoms with Crippen LogP contribution in [0.5, 0.6) is 0 Å². The third kappa shape index (κ3) is 6.06. The van der Waals surface area contributed by atoms with E-state index in [1.54, 1.807) is 18.3 Å². The summed E-state index contributed by atoms with van der Waals surface area (Å²) in [4.78, 5) is 21.1. The lowest BCUT2D eigenvalue weighted by molar-refractivity contribution is 0.0697. The summed E-state index contributed by atoms with van der Waals surface area (Å²) in [6, 6.07) is 10.9. The summed E-state index contributed by atoms with van der Waals surface area (Å²) < 4.78 is 2.06. The zero-order chi connectivity index (χ0) is 23.0. The lowest BCUT2D eigenvalue weighted by atomic mass is 9.86. The van der Waals surface area contributed by atoms with Crippen molar-refractivity contribution in [3.8, 4) is 11.1 Å². The van der Waals surface area contributed by atoms with Gasteiger partial charge in [0.15, 0.2) is 5.82 Å². The summed E-state index contributed by atoms with van der Waals surface area (Å²) in [7, 11) is 0. The number of pyridine rings is 1. The molecule has 1 aromatic carbocycles. The van der Waals surface area contributed by atoms with Crippen LogP contribution in [-0.2, 0) is 19.4 Å². The molecule has 0 aliphatic heterocycles. The Balaban J connectivity index is 1.48. The number of aromatic carboxylic acids is 1. The quantitative estimate of drug-likeness (QED) is 0.417. The highest BCUT2D eigenvalue weighted by molar-refractivity contribution is 5.95. The maximum Gasteiger partial charge on any atom is 0.336 e. The second-order valence-electron chi connectivity index (χ2n) is 9.13. The summed E-state index contributed by atoms with van der Waals surface area (Å²) in [5.74, 6) is 1.82. The Kier molecular flexibility index (Phi) is 7.87. The monoisotopic (exact) mass is 446 g/mol. The van der Waals surface area contributed by atoms with Gasteiger partial charge in [0.1, 0.15) is 5.82 Å². The van der Waals surface area contributed by atoms with Gasteiger partial charge < -0.3 is 5.11 Å². The molecule has 0 saturated heterocycles. The van der Waals surface area contributed by atoms with Crippen LogP contribution in [0.25, 0.3) is 11.1 Å². The third-order valence-electron chi connectivity index (χ3n) is 6.65. The number of hydrogen-bond acceptors (Lipinski definition) is 4. The molecule has 1 N–H and O–H groups in total. The number of hydrogen-bond donors (Lipinski definition) is 1. The molecule has 2 heterocycles. The van der Waals surface area contributed by atoms with Crippen molar-refractivity contribution >= 4 is 5.97 Å². The van der Waals surface area contributed by atoms with Crippen molar-refractivity contribution in [2.75, 3.05) is 0 Å². The fourth-order valence-corrected chi connectivity index (χ4v) is 4.73. The average Bonchev–Trinajstić information content (AvgIpc) is 3.24. The van der Waals surface area contributed by atoms with E-state index < -0.39 is 5.97 Å². The molecule has 2 aromatic heterocycles. The van der Waals surface area contributed by atoms with Gasteiger partial charge >= 0.3 is 5.97 Å². The van der Waals surface area contributed by atoms with Crippen LogP contribution < -0.4 is 0 Å². The Hall–Kier alpha value is -3.02. The first-order valence-corrected chi connectivity index (χ1v) is 12.3. The van der Waals surface area contributed by atoms with Crippen molar-refractivity contribution in [1.82, 2.24) is 19.7 Å². The molecule has 4 rings (SSSR count). The van der Waals surface area contributed by atoms with Crippen LogP contribution in [0.2, 0.25) is 0 Å². The number of aryl methyl sites for hydroxylation is 2. The summed E-state index contributed by atoms with van der Waals surface area (Å²) in [5, 5.41) is 14.3. The van der Waals surface area contributed by atoms with Gasteiger partial charge in [-0.3, -0.25) is 4.98 Å². The van der Waals surface area contributed by atoms with E-state index in [0.29, 0.717) is 12.0 Å². The van der Waals surface area contributed by atoms with Gasteiger partial charge in [-0.25, -0.2) is 14.5 Å². The second kappa shape index (κ2) is 11.2. The van der Waals surface area contributed by atoms with Gasteiger partial charge in [-0.1, -0.05) is 69.7 Å². The minimum Gasteiger partial charge on any atom is -0.478 e. The zero-order valence-corrected chi connectivity index (χ0v) is 19.5. The Morgan fingerprint density at radius 2 is 1.94 bits per heavy atom. The number of benzene rings is 1. The largest absolute Gasteiger partial charge is 0.478 e. The smallest absolute Gasteiger partial charge is 0.336 e. The topological polar surface area (TPSA) is 80.9 Å². The van der Waals surface area contributed by atoms with E-state index >= 15 is 0 Å². The number of carboxylic acids is 1. The van der Waals surface area contributed by atoms with E-state index in [9.17, 15) is 9.90 Å². The van der Waals surface area contributed by atoms with Gasteiger partial charge in [0, 0.05) is 36.8 Å². The number of carboxylic acid groups (broad SMARTS) is 1. The highest BCUT2D eigenvalue weighted by Crippen LogP contribution is 2.27. The number of unbranched alkanes of at least 4 members (excludes halogenated alkanes) is 1. The normalized spacial score (nSPS) is 14.5. The minimum absolute atomic E-state index is 0.286. The van der Waals surface area contributed by atoms with Gasteiger partial charge in [-0.05, 0) is 36.5 Å². The molecule has 33 heavy (non-hydrogen) atoms. The molecule has 0 radical (unpaired) electrons.